The number of rotatable bonds is 3. The highest BCUT2D eigenvalue weighted by atomic mass is 35.5. The van der Waals surface area contributed by atoms with Gasteiger partial charge in [-0.3, -0.25) is 0 Å². The Morgan fingerprint density at radius 2 is 1.69 bits per heavy atom. The van der Waals surface area contributed by atoms with Crippen LogP contribution in [0.15, 0.2) is 30.3 Å². The predicted molar refractivity (Wildman–Crippen MR) is 51.3 cm³/mol. The van der Waals surface area contributed by atoms with Crippen molar-refractivity contribution in [2.45, 2.75) is 12.3 Å². The molecule has 0 fully saturated rings. The third-order valence-electron chi connectivity index (χ3n) is 1.65. The second-order valence-electron chi connectivity index (χ2n) is 2.61. The molecule has 0 unspecified atom stereocenters. The van der Waals surface area contributed by atoms with Gasteiger partial charge in [0.1, 0.15) is 0 Å². The van der Waals surface area contributed by atoms with Crippen molar-refractivity contribution in [3.8, 4) is 0 Å². The molecule has 0 saturated carbocycles. The van der Waals surface area contributed by atoms with Gasteiger partial charge in [-0.2, -0.15) is 0 Å². The molecule has 0 radical (unpaired) electrons. The molecule has 0 aliphatic carbocycles. The molecule has 0 bridgehead atoms. The summed E-state index contributed by atoms with van der Waals surface area (Å²) in [6.45, 7) is 0.00188. The van der Waals surface area contributed by atoms with Gasteiger partial charge in [-0.05, 0) is 6.54 Å². The third-order valence-corrected chi connectivity index (χ3v) is 1.65. The van der Waals surface area contributed by atoms with Crippen LogP contribution in [-0.4, -0.2) is 6.54 Å². The molecule has 1 rings (SSSR count). The fourth-order valence-corrected chi connectivity index (χ4v) is 1.01. The van der Waals surface area contributed by atoms with E-state index in [2.05, 4.69) is 0 Å². The molecule has 74 valence electrons. The highest BCUT2D eigenvalue weighted by Gasteiger charge is 2.29. The zero-order chi connectivity index (χ0) is 9.03. The number of hydrogen-bond donors (Lipinski definition) is 1. The molecular formula is C9H12ClF2N. The van der Waals surface area contributed by atoms with Crippen molar-refractivity contribution in [1.82, 2.24) is 0 Å². The maximum Gasteiger partial charge on any atom is 0.274 e. The topological polar surface area (TPSA) is 26.0 Å². The van der Waals surface area contributed by atoms with Gasteiger partial charge < -0.3 is 5.73 Å². The Morgan fingerprint density at radius 1 is 1.15 bits per heavy atom. The summed E-state index contributed by atoms with van der Waals surface area (Å²) >= 11 is 0. The fourth-order valence-electron chi connectivity index (χ4n) is 1.01. The Hall–Kier alpha value is -0.670. The van der Waals surface area contributed by atoms with Gasteiger partial charge in [0.05, 0.1) is 0 Å². The lowest BCUT2D eigenvalue weighted by molar-refractivity contribution is -0.0107. The van der Waals surface area contributed by atoms with Crippen LogP contribution in [0.3, 0.4) is 0 Å². The average Bonchev–Trinajstić information content (AvgIpc) is 2.06. The molecule has 2 N–H and O–H groups in total. The molecule has 0 saturated heterocycles. The Balaban J connectivity index is 0.00000144. The van der Waals surface area contributed by atoms with Gasteiger partial charge in [0.25, 0.3) is 5.92 Å². The van der Waals surface area contributed by atoms with Gasteiger partial charge in [-0.15, -0.1) is 12.4 Å². The first-order chi connectivity index (χ1) is 5.67. The lowest BCUT2D eigenvalue weighted by Gasteiger charge is -2.14. The Kier molecular flexibility index (Phi) is 4.88. The first-order valence-corrected chi connectivity index (χ1v) is 3.80. The minimum absolute atomic E-state index is 0. The summed E-state index contributed by atoms with van der Waals surface area (Å²) in [7, 11) is 0. The summed E-state index contributed by atoms with van der Waals surface area (Å²) in [5.41, 5.74) is 5.11. The maximum atomic E-state index is 13.1. The van der Waals surface area contributed by atoms with E-state index in [-0.39, 0.29) is 30.9 Å². The Bertz CT molecular complexity index is 239. The molecule has 1 aromatic carbocycles. The monoisotopic (exact) mass is 207 g/mol. The number of nitrogens with two attached hydrogens (primary N) is 1. The molecule has 13 heavy (non-hydrogen) atoms. The van der Waals surface area contributed by atoms with E-state index in [4.69, 9.17) is 5.73 Å². The maximum absolute atomic E-state index is 13.1. The zero-order valence-electron chi connectivity index (χ0n) is 7.04. The van der Waals surface area contributed by atoms with Crippen molar-refractivity contribution < 1.29 is 8.78 Å². The van der Waals surface area contributed by atoms with E-state index in [0.717, 1.165) is 0 Å². The van der Waals surface area contributed by atoms with Gasteiger partial charge >= 0.3 is 0 Å². The van der Waals surface area contributed by atoms with E-state index >= 15 is 0 Å². The van der Waals surface area contributed by atoms with Crippen LogP contribution in [0.2, 0.25) is 0 Å². The van der Waals surface area contributed by atoms with Crippen LogP contribution in [0.1, 0.15) is 12.0 Å². The van der Waals surface area contributed by atoms with Gasteiger partial charge in [-0.25, -0.2) is 8.78 Å². The number of hydrogen-bond acceptors (Lipinski definition) is 1. The van der Waals surface area contributed by atoms with Gasteiger partial charge in [0.15, 0.2) is 0 Å². The van der Waals surface area contributed by atoms with Crippen LogP contribution < -0.4 is 5.73 Å². The van der Waals surface area contributed by atoms with Crippen LogP contribution >= 0.6 is 12.4 Å². The van der Waals surface area contributed by atoms with Crippen molar-refractivity contribution in [1.29, 1.82) is 0 Å². The van der Waals surface area contributed by atoms with Gasteiger partial charge in [0, 0.05) is 12.0 Å². The van der Waals surface area contributed by atoms with E-state index < -0.39 is 5.92 Å². The largest absolute Gasteiger partial charge is 0.330 e. The van der Waals surface area contributed by atoms with E-state index in [0.29, 0.717) is 0 Å². The molecule has 0 atom stereocenters. The lowest BCUT2D eigenvalue weighted by Crippen LogP contribution is -2.18. The highest BCUT2D eigenvalue weighted by Crippen LogP contribution is 2.30. The summed E-state index contributed by atoms with van der Waals surface area (Å²) < 4.78 is 26.2. The van der Waals surface area contributed by atoms with Crippen LogP contribution in [0, 0.1) is 0 Å². The summed E-state index contributed by atoms with van der Waals surface area (Å²) in [6.07, 6.45) is -0.295. The van der Waals surface area contributed by atoms with Gasteiger partial charge in [-0.1, -0.05) is 30.3 Å². The minimum atomic E-state index is -2.78. The molecule has 4 heteroatoms. The number of halogens is 3. The van der Waals surface area contributed by atoms with E-state index in [1.54, 1.807) is 18.2 Å². The van der Waals surface area contributed by atoms with Crippen molar-refractivity contribution >= 4 is 12.4 Å². The van der Waals surface area contributed by atoms with Gasteiger partial charge in [0.2, 0.25) is 0 Å². The smallest absolute Gasteiger partial charge is 0.274 e. The first kappa shape index (κ1) is 12.3. The van der Waals surface area contributed by atoms with Crippen LogP contribution in [0.25, 0.3) is 0 Å². The summed E-state index contributed by atoms with van der Waals surface area (Å²) in [5, 5.41) is 0. The fraction of sp³-hybridized carbons (Fsp3) is 0.333. The van der Waals surface area contributed by atoms with Crippen molar-refractivity contribution in [2.24, 2.45) is 5.73 Å². The molecular weight excluding hydrogens is 196 g/mol. The van der Waals surface area contributed by atoms with Crippen LogP contribution in [-0.2, 0) is 5.92 Å². The summed E-state index contributed by atoms with van der Waals surface area (Å²) in [4.78, 5) is 0. The molecule has 0 heterocycles. The third kappa shape index (κ3) is 3.28. The normalized spacial score (nSPS) is 10.7. The molecule has 0 aliphatic rings. The predicted octanol–water partition coefficient (Wildman–Crippen LogP) is 2.55. The molecule has 0 amide bonds. The zero-order valence-corrected chi connectivity index (χ0v) is 7.86. The van der Waals surface area contributed by atoms with Crippen molar-refractivity contribution in [3.63, 3.8) is 0 Å². The summed E-state index contributed by atoms with van der Waals surface area (Å²) in [6, 6.07) is 7.73. The van der Waals surface area contributed by atoms with Crippen LogP contribution in [0.4, 0.5) is 8.78 Å². The van der Waals surface area contributed by atoms with E-state index in [9.17, 15) is 8.78 Å². The second kappa shape index (κ2) is 5.14. The molecule has 1 aromatic rings. The number of benzene rings is 1. The second-order valence-corrected chi connectivity index (χ2v) is 2.61. The first-order valence-electron chi connectivity index (χ1n) is 3.80. The van der Waals surface area contributed by atoms with Crippen LogP contribution in [0.5, 0.6) is 0 Å². The number of alkyl halides is 2. The van der Waals surface area contributed by atoms with E-state index in [1.165, 1.54) is 12.1 Å². The SMILES string of the molecule is Cl.NCCC(F)(F)c1ccccc1. The average molecular weight is 208 g/mol. The quantitative estimate of drug-likeness (QED) is 0.810. The standard InChI is InChI=1S/C9H11F2N.ClH/c10-9(11,6-7-12)8-4-2-1-3-5-8;/h1-5H,6-7,12H2;1H. The molecule has 0 aliphatic heterocycles. The molecule has 0 aromatic heterocycles. The highest BCUT2D eigenvalue weighted by molar-refractivity contribution is 5.85. The Labute approximate surface area is 82.4 Å². The Morgan fingerprint density at radius 3 is 2.15 bits per heavy atom. The molecule has 1 nitrogen and oxygen atoms in total. The van der Waals surface area contributed by atoms with Crippen molar-refractivity contribution in [3.05, 3.63) is 35.9 Å². The van der Waals surface area contributed by atoms with E-state index in [1.807, 2.05) is 0 Å². The lowest BCUT2D eigenvalue weighted by atomic mass is 10.1. The summed E-state index contributed by atoms with van der Waals surface area (Å²) in [5.74, 6) is -2.78. The minimum Gasteiger partial charge on any atom is -0.330 e. The molecule has 0 spiro atoms. The van der Waals surface area contributed by atoms with Crippen molar-refractivity contribution in [2.75, 3.05) is 6.54 Å².